The van der Waals surface area contributed by atoms with Gasteiger partial charge >= 0.3 is 7.82 Å². The summed E-state index contributed by atoms with van der Waals surface area (Å²) in [5, 5.41) is 35.2. The number of hydrogen-bond donors (Lipinski definition) is 7. The van der Waals surface area contributed by atoms with Gasteiger partial charge in [0.25, 0.3) is 5.91 Å². The molecule has 1 amide bonds. The average Bonchev–Trinajstić information content (AvgIpc) is 2.21. The minimum atomic E-state index is -4.82. The Hall–Kier alpha value is -0.580. The van der Waals surface area contributed by atoms with Gasteiger partial charge in [0.1, 0.15) is 12.2 Å². The van der Waals surface area contributed by atoms with Gasteiger partial charge in [-0.25, -0.2) is 10.0 Å². The fourth-order valence-corrected chi connectivity index (χ4v) is 1.05. The number of hydrogen-bond acceptors (Lipinski definition) is 7. The molecule has 0 heterocycles. The Morgan fingerprint density at radius 2 is 1.81 bits per heavy atom. The van der Waals surface area contributed by atoms with Crippen LogP contribution in [-0.4, -0.2) is 61.1 Å². The fourth-order valence-electron chi connectivity index (χ4n) is 0.704. The van der Waals surface area contributed by atoms with Gasteiger partial charge in [-0.05, 0) is 0 Å². The maximum absolute atomic E-state index is 10.6. The van der Waals surface area contributed by atoms with Gasteiger partial charge in [0, 0.05) is 0 Å². The normalized spacial score (nSPS) is 17.6. The third-order valence-electron chi connectivity index (χ3n) is 1.51. The molecule has 0 aromatic rings. The quantitative estimate of drug-likeness (QED) is 0.146. The van der Waals surface area contributed by atoms with Gasteiger partial charge in [-0.2, -0.15) is 0 Å². The number of aliphatic hydroxyl groups is 3. The Labute approximate surface area is 89.3 Å². The Kier molecular flexibility index (Phi) is 6.00. The predicted octanol–water partition coefficient (Wildman–Crippen LogP) is -3.32. The summed E-state index contributed by atoms with van der Waals surface area (Å²) in [6.45, 7) is -0.999. The number of carbonyl (C=O) groups is 1. The molecule has 0 radical (unpaired) electrons. The second kappa shape index (κ2) is 6.23. The summed E-state index contributed by atoms with van der Waals surface area (Å²) in [6.07, 6.45) is -6.15. The molecule has 0 aliphatic rings. The van der Waals surface area contributed by atoms with Crippen LogP contribution in [-0.2, 0) is 13.9 Å². The first-order valence-electron chi connectivity index (χ1n) is 3.87. The van der Waals surface area contributed by atoms with E-state index in [2.05, 4.69) is 4.52 Å². The van der Waals surface area contributed by atoms with Crippen LogP contribution in [0.25, 0.3) is 0 Å². The maximum Gasteiger partial charge on any atom is 0.469 e. The SMILES string of the molecule is O=C(NO)[C@@H](O)[C@H](O)[C@H](O)COP(=O)(O)O. The zero-order chi connectivity index (χ0) is 12.9. The molecule has 0 aromatic carbocycles. The first kappa shape index (κ1) is 15.4. The van der Waals surface area contributed by atoms with Crippen LogP contribution >= 0.6 is 7.82 Å². The second-order valence-corrected chi connectivity index (χ2v) is 4.00. The van der Waals surface area contributed by atoms with Gasteiger partial charge in [0.05, 0.1) is 6.61 Å². The highest BCUT2D eigenvalue weighted by Crippen LogP contribution is 2.35. The van der Waals surface area contributed by atoms with E-state index in [1.807, 2.05) is 0 Å². The van der Waals surface area contributed by atoms with E-state index >= 15 is 0 Å². The lowest BCUT2D eigenvalue weighted by Crippen LogP contribution is -2.47. The highest BCUT2D eigenvalue weighted by Gasteiger charge is 2.31. The number of rotatable bonds is 6. The summed E-state index contributed by atoms with van der Waals surface area (Å²) in [5.41, 5.74) is 1.02. The van der Waals surface area contributed by atoms with Crippen molar-refractivity contribution < 1.29 is 44.2 Å². The van der Waals surface area contributed by atoms with Crippen LogP contribution in [0.15, 0.2) is 0 Å². The van der Waals surface area contributed by atoms with E-state index in [-0.39, 0.29) is 0 Å². The van der Waals surface area contributed by atoms with Crippen molar-refractivity contribution in [3.8, 4) is 0 Å². The molecular weight excluding hydrogens is 249 g/mol. The van der Waals surface area contributed by atoms with E-state index in [0.717, 1.165) is 5.48 Å². The van der Waals surface area contributed by atoms with E-state index in [1.54, 1.807) is 0 Å². The summed E-state index contributed by atoms with van der Waals surface area (Å²) < 4.78 is 14.0. The van der Waals surface area contributed by atoms with E-state index < -0.39 is 38.6 Å². The van der Waals surface area contributed by atoms with Crippen LogP contribution in [0.3, 0.4) is 0 Å². The number of aliphatic hydroxyl groups excluding tert-OH is 3. The van der Waals surface area contributed by atoms with Crippen molar-refractivity contribution in [3.63, 3.8) is 0 Å². The van der Waals surface area contributed by atoms with Crippen LogP contribution in [0.1, 0.15) is 0 Å². The van der Waals surface area contributed by atoms with Crippen molar-refractivity contribution >= 4 is 13.7 Å². The molecule has 0 rings (SSSR count). The standard InChI is InChI=1S/C5H12NO9P/c7-2(1-15-16(12,13)14)3(8)4(9)5(10)6-11/h2-4,7-9,11H,1H2,(H,6,10)(H2,12,13,14)/t2-,3-,4+/m1/s1. The number of carbonyl (C=O) groups excluding carboxylic acids is 1. The summed E-state index contributed by atoms with van der Waals surface area (Å²) >= 11 is 0. The van der Waals surface area contributed by atoms with Gasteiger partial charge in [-0.1, -0.05) is 0 Å². The molecule has 10 nitrogen and oxygen atoms in total. The average molecular weight is 261 g/mol. The summed E-state index contributed by atoms with van der Waals surface area (Å²) in [4.78, 5) is 27.1. The highest BCUT2D eigenvalue weighted by atomic mass is 31.2. The topological polar surface area (TPSA) is 177 Å². The van der Waals surface area contributed by atoms with Gasteiger partial charge < -0.3 is 25.1 Å². The monoisotopic (exact) mass is 261 g/mol. The molecule has 0 aromatic heterocycles. The van der Waals surface area contributed by atoms with Crippen molar-refractivity contribution in [3.05, 3.63) is 0 Å². The Morgan fingerprint density at radius 3 is 2.19 bits per heavy atom. The zero-order valence-corrected chi connectivity index (χ0v) is 8.69. The predicted molar refractivity (Wildman–Crippen MR) is 45.9 cm³/mol. The molecule has 96 valence electrons. The van der Waals surface area contributed by atoms with Crippen molar-refractivity contribution in [1.29, 1.82) is 0 Å². The molecular formula is C5H12NO9P. The van der Waals surface area contributed by atoms with E-state index in [9.17, 15) is 9.36 Å². The number of amides is 1. The fraction of sp³-hybridized carbons (Fsp3) is 0.800. The maximum atomic E-state index is 10.6. The molecule has 0 spiro atoms. The first-order valence-corrected chi connectivity index (χ1v) is 5.40. The lowest BCUT2D eigenvalue weighted by atomic mass is 10.1. The molecule has 3 atom stereocenters. The molecule has 7 N–H and O–H groups in total. The summed E-state index contributed by atoms with van der Waals surface area (Å²) in [6, 6.07) is 0. The molecule has 0 saturated carbocycles. The number of phosphoric acid groups is 1. The van der Waals surface area contributed by atoms with Crippen LogP contribution in [0.4, 0.5) is 0 Å². The molecule has 0 saturated heterocycles. The second-order valence-electron chi connectivity index (χ2n) is 2.77. The Morgan fingerprint density at radius 1 is 1.31 bits per heavy atom. The van der Waals surface area contributed by atoms with Crippen LogP contribution in [0.5, 0.6) is 0 Å². The van der Waals surface area contributed by atoms with E-state index in [4.69, 9.17) is 30.3 Å². The van der Waals surface area contributed by atoms with Gasteiger partial charge in [-0.3, -0.25) is 14.5 Å². The minimum absolute atomic E-state index is 0.999. The number of hydroxylamine groups is 1. The third-order valence-corrected chi connectivity index (χ3v) is 2.00. The summed E-state index contributed by atoms with van der Waals surface area (Å²) in [5.74, 6) is -1.39. The van der Waals surface area contributed by atoms with Crippen molar-refractivity contribution in [2.45, 2.75) is 18.3 Å². The smallest absolute Gasteiger partial charge is 0.388 e. The molecule has 0 fully saturated rings. The molecule has 0 aliphatic heterocycles. The van der Waals surface area contributed by atoms with Gasteiger partial charge in [0.2, 0.25) is 0 Å². The Bertz CT molecular complexity index is 277. The van der Waals surface area contributed by atoms with Gasteiger partial charge in [0.15, 0.2) is 6.10 Å². The molecule has 11 heteroatoms. The van der Waals surface area contributed by atoms with E-state index in [0.29, 0.717) is 0 Å². The zero-order valence-electron chi connectivity index (χ0n) is 7.79. The van der Waals surface area contributed by atoms with Gasteiger partial charge in [-0.15, -0.1) is 0 Å². The summed E-state index contributed by atoms with van der Waals surface area (Å²) in [7, 11) is -4.82. The van der Waals surface area contributed by atoms with Crippen molar-refractivity contribution in [2.75, 3.05) is 6.61 Å². The highest BCUT2D eigenvalue weighted by molar-refractivity contribution is 7.46. The van der Waals surface area contributed by atoms with Crippen molar-refractivity contribution in [1.82, 2.24) is 5.48 Å². The molecule has 0 unspecified atom stereocenters. The largest absolute Gasteiger partial charge is 0.469 e. The molecule has 16 heavy (non-hydrogen) atoms. The lowest BCUT2D eigenvalue weighted by Gasteiger charge is -2.21. The van der Waals surface area contributed by atoms with Crippen LogP contribution < -0.4 is 5.48 Å². The Balaban J connectivity index is 4.23. The lowest BCUT2D eigenvalue weighted by molar-refractivity contribution is -0.150. The molecule has 0 bridgehead atoms. The number of nitrogens with one attached hydrogen (secondary N) is 1. The minimum Gasteiger partial charge on any atom is -0.388 e. The number of phosphoric ester groups is 1. The molecule has 0 aliphatic carbocycles. The first-order chi connectivity index (χ1) is 7.19. The third kappa shape index (κ3) is 5.49. The van der Waals surface area contributed by atoms with Crippen LogP contribution in [0.2, 0.25) is 0 Å². The van der Waals surface area contributed by atoms with Crippen molar-refractivity contribution in [2.24, 2.45) is 0 Å². The van der Waals surface area contributed by atoms with Crippen LogP contribution in [0, 0.1) is 0 Å². The van der Waals surface area contributed by atoms with E-state index in [1.165, 1.54) is 0 Å².